The maximum atomic E-state index is 12.3. The summed E-state index contributed by atoms with van der Waals surface area (Å²) in [5.74, 6) is -1.51. The number of thiophene rings is 1. The van der Waals surface area contributed by atoms with Gasteiger partial charge in [0.15, 0.2) is 0 Å². The van der Waals surface area contributed by atoms with E-state index in [1.165, 1.54) is 11.3 Å². The number of carboxylic acids is 1. The number of amidine groups is 1. The number of hydrogen-bond donors (Lipinski definition) is 5. The van der Waals surface area contributed by atoms with E-state index in [2.05, 4.69) is 5.32 Å². The molecule has 0 aliphatic heterocycles. The van der Waals surface area contributed by atoms with Crippen molar-refractivity contribution >= 4 is 39.1 Å². The highest BCUT2D eigenvalue weighted by Crippen LogP contribution is 2.26. The number of hydrogen-bond acceptors (Lipinski definition) is 5. The van der Waals surface area contributed by atoms with Crippen molar-refractivity contribution in [3.63, 3.8) is 0 Å². The molecule has 0 spiro atoms. The van der Waals surface area contributed by atoms with Crippen LogP contribution >= 0.6 is 11.3 Å². The Labute approximate surface area is 143 Å². The van der Waals surface area contributed by atoms with Gasteiger partial charge in [0.25, 0.3) is 5.91 Å². The van der Waals surface area contributed by atoms with Gasteiger partial charge in [0.05, 0.1) is 4.88 Å². The highest BCUT2D eigenvalue weighted by atomic mass is 32.1. The molecule has 7 N–H and O–H groups in total. The summed E-state index contributed by atoms with van der Waals surface area (Å²) >= 11 is 1.32. The molecule has 1 atom stereocenters. The lowest BCUT2D eigenvalue weighted by Crippen LogP contribution is -2.40. The molecule has 1 amide bonds. The molecular formula is C16H20N4O3S. The Kier molecular flexibility index (Phi) is 5.88. The molecule has 7 nitrogen and oxygen atoms in total. The summed E-state index contributed by atoms with van der Waals surface area (Å²) in [7, 11) is 0. The molecule has 0 unspecified atom stereocenters. The summed E-state index contributed by atoms with van der Waals surface area (Å²) in [5, 5.41) is 20.1. The third-order valence-electron chi connectivity index (χ3n) is 3.60. The number of benzene rings is 1. The molecule has 0 fully saturated rings. The maximum Gasteiger partial charge on any atom is 0.326 e. The summed E-state index contributed by atoms with van der Waals surface area (Å²) in [6.07, 6.45) is 1.70. The molecule has 0 radical (unpaired) electrons. The molecule has 0 bridgehead atoms. The van der Waals surface area contributed by atoms with Crippen molar-refractivity contribution in [3.8, 4) is 0 Å². The molecule has 0 saturated heterocycles. The van der Waals surface area contributed by atoms with E-state index in [9.17, 15) is 14.7 Å². The molecule has 1 aromatic heterocycles. The molecule has 0 saturated carbocycles. The first-order chi connectivity index (χ1) is 11.4. The molecular weight excluding hydrogens is 328 g/mol. The standard InChI is InChI=1S/C16H20N4O3S/c17-6-2-1-3-11(16(22)23)20-15(21)10-5-4-9-7-13(14(18)19)24-12(9)8-10/h4-5,7-8,11H,1-3,6,17H2,(H3,18,19)(H,20,21)(H,22,23)/t11-/m0/s1. The van der Waals surface area contributed by atoms with Crippen molar-refractivity contribution in [3.05, 3.63) is 34.7 Å². The van der Waals surface area contributed by atoms with E-state index in [-0.39, 0.29) is 5.84 Å². The molecule has 1 aromatic carbocycles. The third-order valence-corrected chi connectivity index (χ3v) is 4.73. The molecule has 2 aromatic rings. The number of unbranched alkanes of at least 4 members (excludes halogenated alkanes) is 1. The fourth-order valence-electron chi connectivity index (χ4n) is 2.30. The van der Waals surface area contributed by atoms with Crippen LogP contribution in [0.25, 0.3) is 10.1 Å². The van der Waals surface area contributed by atoms with Gasteiger partial charge in [-0.05, 0) is 49.4 Å². The second kappa shape index (κ2) is 7.89. The summed E-state index contributed by atoms with van der Waals surface area (Å²) in [4.78, 5) is 24.2. The smallest absolute Gasteiger partial charge is 0.326 e. The lowest BCUT2D eigenvalue weighted by molar-refractivity contribution is -0.139. The Bertz CT molecular complexity index is 772. The predicted octanol–water partition coefficient (Wildman–Crippen LogP) is 1.50. The molecule has 0 aliphatic rings. The van der Waals surface area contributed by atoms with Crippen LogP contribution in [-0.2, 0) is 4.79 Å². The van der Waals surface area contributed by atoms with Gasteiger partial charge in [-0.2, -0.15) is 0 Å². The Hall–Kier alpha value is -2.45. The molecule has 0 aliphatic carbocycles. The van der Waals surface area contributed by atoms with E-state index < -0.39 is 17.9 Å². The van der Waals surface area contributed by atoms with E-state index in [1.807, 2.05) is 0 Å². The van der Waals surface area contributed by atoms with E-state index >= 15 is 0 Å². The Morgan fingerprint density at radius 1 is 1.29 bits per heavy atom. The first-order valence-corrected chi connectivity index (χ1v) is 8.35. The van der Waals surface area contributed by atoms with Gasteiger partial charge in [-0.25, -0.2) is 4.79 Å². The average molecular weight is 348 g/mol. The fourth-order valence-corrected chi connectivity index (χ4v) is 3.26. The number of rotatable bonds is 8. The first-order valence-electron chi connectivity index (χ1n) is 7.54. The minimum Gasteiger partial charge on any atom is -0.480 e. The van der Waals surface area contributed by atoms with Crippen molar-refractivity contribution in [1.29, 1.82) is 5.41 Å². The number of aliphatic carboxylic acids is 1. The molecule has 1 heterocycles. The van der Waals surface area contributed by atoms with Crippen LogP contribution in [-0.4, -0.2) is 35.4 Å². The Balaban J connectivity index is 2.14. The zero-order chi connectivity index (χ0) is 17.7. The minimum absolute atomic E-state index is 0.0203. The van der Waals surface area contributed by atoms with Crippen LogP contribution in [0.5, 0.6) is 0 Å². The van der Waals surface area contributed by atoms with E-state index in [0.29, 0.717) is 36.2 Å². The summed E-state index contributed by atoms with van der Waals surface area (Å²) in [6, 6.07) is 5.93. The number of nitrogen functional groups attached to an aromatic ring is 1. The summed E-state index contributed by atoms with van der Waals surface area (Å²) < 4.78 is 0.822. The molecule has 8 heteroatoms. The van der Waals surface area contributed by atoms with Crippen LogP contribution in [0.4, 0.5) is 0 Å². The SMILES string of the molecule is N=C(N)c1cc2ccc(C(=O)N[C@@H](CCCCN)C(=O)O)cc2s1. The van der Waals surface area contributed by atoms with Crippen LogP contribution < -0.4 is 16.8 Å². The van der Waals surface area contributed by atoms with Crippen LogP contribution in [0.15, 0.2) is 24.3 Å². The van der Waals surface area contributed by atoms with Gasteiger partial charge in [-0.3, -0.25) is 10.2 Å². The lowest BCUT2D eigenvalue weighted by atomic mass is 10.1. The van der Waals surface area contributed by atoms with Crippen LogP contribution in [0.3, 0.4) is 0 Å². The monoisotopic (exact) mass is 348 g/mol. The number of carbonyl (C=O) groups is 2. The Morgan fingerprint density at radius 2 is 2.04 bits per heavy atom. The van der Waals surface area contributed by atoms with Crippen molar-refractivity contribution in [1.82, 2.24) is 5.32 Å². The second-order valence-corrected chi connectivity index (χ2v) is 6.51. The van der Waals surface area contributed by atoms with Gasteiger partial charge in [-0.15, -0.1) is 11.3 Å². The second-order valence-electron chi connectivity index (χ2n) is 5.43. The number of nitrogens with one attached hydrogen (secondary N) is 2. The third kappa shape index (κ3) is 4.30. The summed E-state index contributed by atoms with van der Waals surface area (Å²) in [6.45, 7) is 0.494. The van der Waals surface area contributed by atoms with Gasteiger partial charge in [0.1, 0.15) is 11.9 Å². The predicted molar refractivity (Wildman–Crippen MR) is 94.6 cm³/mol. The highest BCUT2D eigenvalue weighted by molar-refractivity contribution is 7.20. The van der Waals surface area contributed by atoms with Crippen molar-refractivity contribution in [2.24, 2.45) is 11.5 Å². The number of amides is 1. The topological polar surface area (TPSA) is 142 Å². The van der Waals surface area contributed by atoms with E-state index in [0.717, 1.165) is 10.1 Å². The van der Waals surface area contributed by atoms with E-state index in [4.69, 9.17) is 16.9 Å². The van der Waals surface area contributed by atoms with Gasteiger partial charge in [0.2, 0.25) is 0 Å². The zero-order valence-corrected chi connectivity index (χ0v) is 13.9. The van der Waals surface area contributed by atoms with Crippen molar-refractivity contribution in [2.75, 3.05) is 6.54 Å². The van der Waals surface area contributed by atoms with E-state index in [1.54, 1.807) is 24.3 Å². The average Bonchev–Trinajstić information content (AvgIpc) is 2.97. The number of fused-ring (bicyclic) bond motifs is 1. The largest absolute Gasteiger partial charge is 0.480 e. The van der Waals surface area contributed by atoms with Crippen molar-refractivity contribution in [2.45, 2.75) is 25.3 Å². The maximum absolute atomic E-state index is 12.3. The summed E-state index contributed by atoms with van der Waals surface area (Å²) in [5.41, 5.74) is 11.3. The van der Waals surface area contributed by atoms with Gasteiger partial charge < -0.3 is 21.9 Å². The minimum atomic E-state index is -1.06. The quantitative estimate of drug-likeness (QED) is 0.279. The zero-order valence-electron chi connectivity index (χ0n) is 13.0. The van der Waals surface area contributed by atoms with Crippen LogP contribution in [0.2, 0.25) is 0 Å². The fraction of sp³-hybridized carbons (Fsp3) is 0.312. The van der Waals surface area contributed by atoms with Gasteiger partial charge in [-0.1, -0.05) is 6.07 Å². The number of carbonyl (C=O) groups excluding carboxylic acids is 1. The van der Waals surface area contributed by atoms with Crippen LogP contribution in [0, 0.1) is 5.41 Å². The number of nitrogens with two attached hydrogens (primary N) is 2. The molecule has 2 rings (SSSR count). The van der Waals surface area contributed by atoms with Crippen LogP contribution in [0.1, 0.15) is 34.5 Å². The Morgan fingerprint density at radius 3 is 2.67 bits per heavy atom. The molecule has 24 heavy (non-hydrogen) atoms. The highest BCUT2D eigenvalue weighted by Gasteiger charge is 2.20. The lowest BCUT2D eigenvalue weighted by Gasteiger charge is -2.14. The molecule has 128 valence electrons. The first kappa shape index (κ1) is 17.9. The number of carboxylic acid groups (broad SMARTS) is 1. The van der Waals surface area contributed by atoms with Gasteiger partial charge in [0, 0.05) is 10.3 Å². The normalized spacial score (nSPS) is 12.0. The van der Waals surface area contributed by atoms with Crippen molar-refractivity contribution < 1.29 is 14.7 Å². The van der Waals surface area contributed by atoms with Gasteiger partial charge >= 0.3 is 5.97 Å².